The fourth-order valence-corrected chi connectivity index (χ4v) is 4.14. The smallest absolute Gasteiger partial charge is 0.306 e. The molecule has 1 unspecified atom stereocenters. The van der Waals surface area contributed by atoms with Crippen molar-refractivity contribution >= 4 is 11.9 Å². The van der Waals surface area contributed by atoms with Crippen LogP contribution < -0.4 is 0 Å². The monoisotopic (exact) mass is 484 g/mol. The highest BCUT2D eigenvalue weighted by molar-refractivity contribution is 5.70. The Kier molecular flexibility index (Phi) is 25.6. The first kappa shape index (κ1) is 32.9. The molecule has 0 heterocycles. The number of aliphatic hydroxyl groups excluding tert-OH is 1. The van der Waals surface area contributed by atoms with E-state index in [1.165, 1.54) is 89.9 Å². The summed E-state index contributed by atoms with van der Waals surface area (Å²) in [6, 6.07) is 0. The van der Waals surface area contributed by atoms with Crippen molar-refractivity contribution in [3.63, 3.8) is 0 Å². The Morgan fingerprint density at radius 1 is 0.559 bits per heavy atom. The van der Waals surface area contributed by atoms with Crippen LogP contribution in [-0.4, -0.2) is 36.4 Å². The largest absolute Gasteiger partial charge is 0.462 e. The Balaban J connectivity index is 3.54. The lowest BCUT2D eigenvalue weighted by Crippen LogP contribution is -2.28. The van der Waals surface area contributed by atoms with Gasteiger partial charge in [0.2, 0.25) is 0 Å². The Labute approximate surface area is 210 Å². The molecule has 0 saturated carbocycles. The fraction of sp³-hybridized carbons (Fsp3) is 0.931. The van der Waals surface area contributed by atoms with Gasteiger partial charge in [0.25, 0.3) is 0 Å². The van der Waals surface area contributed by atoms with Gasteiger partial charge in [0.05, 0.1) is 6.61 Å². The van der Waals surface area contributed by atoms with Crippen LogP contribution in [0.25, 0.3) is 0 Å². The zero-order valence-electron chi connectivity index (χ0n) is 22.6. The van der Waals surface area contributed by atoms with Crippen LogP contribution in [0, 0.1) is 0 Å². The van der Waals surface area contributed by atoms with Crippen LogP contribution in [0.1, 0.15) is 155 Å². The van der Waals surface area contributed by atoms with Gasteiger partial charge < -0.3 is 14.6 Å². The van der Waals surface area contributed by atoms with Gasteiger partial charge in [0.15, 0.2) is 6.10 Å². The Morgan fingerprint density at radius 3 is 1.29 bits per heavy atom. The molecule has 5 heteroatoms. The van der Waals surface area contributed by atoms with Gasteiger partial charge in [-0.2, -0.15) is 0 Å². The summed E-state index contributed by atoms with van der Waals surface area (Å²) in [6.07, 6.45) is 24.5. The zero-order valence-corrected chi connectivity index (χ0v) is 22.6. The summed E-state index contributed by atoms with van der Waals surface area (Å²) in [5, 5.41) is 9.41. The summed E-state index contributed by atoms with van der Waals surface area (Å²) in [6.45, 7) is 4.06. The average molecular weight is 485 g/mol. The second-order valence-corrected chi connectivity index (χ2v) is 9.84. The summed E-state index contributed by atoms with van der Waals surface area (Å²) >= 11 is 0. The van der Waals surface area contributed by atoms with E-state index in [1.807, 2.05) is 0 Å². The van der Waals surface area contributed by atoms with Gasteiger partial charge in [-0.1, -0.05) is 129 Å². The summed E-state index contributed by atoms with van der Waals surface area (Å²) in [4.78, 5) is 23.8. The first-order valence-corrected chi connectivity index (χ1v) is 14.6. The lowest BCUT2D eigenvalue weighted by molar-refractivity contribution is -0.161. The number of carbonyl (C=O) groups excluding carboxylic acids is 2. The maximum atomic E-state index is 12.0. The summed E-state index contributed by atoms with van der Waals surface area (Å²) < 4.78 is 10.4. The summed E-state index contributed by atoms with van der Waals surface area (Å²) in [5.41, 5.74) is 0. The van der Waals surface area contributed by atoms with E-state index in [9.17, 15) is 14.7 Å². The predicted molar refractivity (Wildman–Crippen MR) is 141 cm³/mol. The molecule has 34 heavy (non-hydrogen) atoms. The molecule has 0 rings (SSSR count). The molecule has 0 aliphatic carbocycles. The van der Waals surface area contributed by atoms with Crippen molar-refractivity contribution in [3.05, 3.63) is 0 Å². The molecule has 0 aliphatic heterocycles. The molecule has 0 aromatic carbocycles. The molecule has 1 atom stereocenters. The van der Waals surface area contributed by atoms with Gasteiger partial charge in [-0.25, -0.2) is 0 Å². The van der Waals surface area contributed by atoms with Gasteiger partial charge in [-0.15, -0.1) is 0 Å². The average Bonchev–Trinajstić information content (AvgIpc) is 2.84. The van der Waals surface area contributed by atoms with Crippen molar-refractivity contribution in [2.45, 2.75) is 161 Å². The summed E-state index contributed by atoms with van der Waals surface area (Å²) in [7, 11) is 0. The van der Waals surface area contributed by atoms with Crippen LogP contribution in [0.3, 0.4) is 0 Å². The molecule has 0 aliphatic rings. The maximum Gasteiger partial charge on any atom is 0.306 e. The lowest BCUT2D eigenvalue weighted by atomic mass is 10.0. The quantitative estimate of drug-likeness (QED) is 0.0992. The van der Waals surface area contributed by atoms with Crippen molar-refractivity contribution in [3.8, 4) is 0 Å². The SMILES string of the molecule is CCCCCCCCCCCCCCCCC(=O)OC(CO)COC(=O)CCCCCCCC. The predicted octanol–water partition coefficient (Wildman–Crippen LogP) is 8.06. The molecule has 1 N–H and O–H groups in total. The molecule has 0 radical (unpaired) electrons. The number of hydrogen-bond donors (Lipinski definition) is 1. The van der Waals surface area contributed by atoms with Crippen LogP contribution in [0.15, 0.2) is 0 Å². The number of aliphatic hydroxyl groups is 1. The van der Waals surface area contributed by atoms with Gasteiger partial charge >= 0.3 is 11.9 Å². The van der Waals surface area contributed by atoms with E-state index in [2.05, 4.69) is 13.8 Å². The number of unbranched alkanes of at least 4 members (excludes halogenated alkanes) is 18. The third kappa shape index (κ3) is 24.0. The van der Waals surface area contributed by atoms with E-state index >= 15 is 0 Å². The maximum absolute atomic E-state index is 12.0. The second kappa shape index (κ2) is 26.5. The topological polar surface area (TPSA) is 72.8 Å². The van der Waals surface area contributed by atoms with Crippen molar-refractivity contribution in [1.82, 2.24) is 0 Å². The molecule has 0 saturated heterocycles. The third-order valence-electron chi connectivity index (χ3n) is 6.40. The molecule has 0 bridgehead atoms. The van der Waals surface area contributed by atoms with Crippen LogP contribution in [0.4, 0.5) is 0 Å². The Hall–Kier alpha value is -1.10. The van der Waals surface area contributed by atoms with Crippen LogP contribution >= 0.6 is 0 Å². The van der Waals surface area contributed by atoms with Crippen molar-refractivity contribution in [2.24, 2.45) is 0 Å². The highest BCUT2D eigenvalue weighted by atomic mass is 16.6. The second-order valence-electron chi connectivity index (χ2n) is 9.84. The number of rotatable bonds is 26. The molecule has 0 aromatic heterocycles. The Morgan fingerprint density at radius 2 is 0.912 bits per heavy atom. The highest BCUT2D eigenvalue weighted by Gasteiger charge is 2.16. The van der Waals surface area contributed by atoms with E-state index < -0.39 is 6.10 Å². The van der Waals surface area contributed by atoms with Crippen LogP contribution in [0.5, 0.6) is 0 Å². The van der Waals surface area contributed by atoms with E-state index in [0.29, 0.717) is 12.8 Å². The fourth-order valence-electron chi connectivity index (χ4n) is 4.14. The molecule has 0 fully saturated rings. The highest BCUT2D eigenvalue weighted by Crippen LogP contribution is 2.14. The zero-order chi connectivity index (χ0) is 25.1. The van der Waals surface area contributed by atoms with Gasteiger partial charge in [-0.3, -0.25) is 9.59 Å². The minimum atomic E-state index is -0.757. The first-order valence-electron chi connectivity index (χ1n) is 14.6. The number of hydrogen-bond acceptors (Lipinski definition) is 5. The van der Waals surface area contributed by atoms with Crippen LogP contribution in [-0.2, 0) is 19.1 Å². The van der Waals surface area contributed by atoms with Crippen LogP contribution in [0.2, 0.25) is 0 Å². The van der Waals surface area contributed by atoms with E-state index in [4.69, 9.17) is 9.47 Å². The molecule has 202 valence electrons. The summed E-state index contributed by atoms with van der Waals surface area (Å²) in [5.74, 6) is -0.595. The molecular weight excluding hydrogens is 428 g/mol. The van der Waals surface area contributed by atoms with Gasteiger partial charge in [0.1, 0.15) is 6.61 Å². The van der Waals surface area contributed by atoms with E-state index in [0.717, 1.165) is 38.5 Å². The number of ether oxygens (including phenoxy) is 2. The molecule has 0 spiro atoms. The first-order chi connectivity index (χ1) is 16.6. The standard InChI is InChI=1S/C29H56O5/c1-3-5-7-9-11-12-13-14-15-16-17-18-20-22-24-29(32)34-27(25-30)26-33-28(31)23-21-19-10-8-6-4-2/h27,30H,3-26H2,1-2H3. The molecular formula is C29H56O5. The molecule has 0 amide bonds. The molecule has 0 aromatic rings. The van der Waals surface area contributed by atoms with Gasteiger partial charge in [0, 0.05) is 12.8 Å². The molecule has 5 nitrogen and oxygen atoms in total. The van der Waals surface area contributed by atoms with Crippen molar-refractivity contribution in [1.29, 1.82) is 0 Å². The number of carbonyl (C=O) groups is 2. The van der Waals surface area contributed by atoms with Gasteiger partial charge in [-0.05, 0) is 12.8 Å². The van der Waals surface area contributed by atoms with Crippen molar-refractivity contribution in [2.75, 3.05) is 13.2 Å². The normalized spacial score (nSPS) is 12.0. The van der Waals surface area contributed by atoms with E-state index in [-0.39, 0.29) is 25.2 Å². The minimum Gasteiger partial charge on any atom is -0.462 e. The lowest BCUT2D eigenvalue weighted by Gasteiger charge is -2.15. The van der Waals surface area contributed by atoms with E-state index in [1.54, 1.807) is 0 Å². The van der Waals surface area contributed by atoms with Crippen molar-refractivity contribution < 1.29 is 24.2 Å². The Bertz CT molecular complexity index is 452. The number of esters is 2. The minimum absolute atomic E-state index is 0.0599. The third-order valence-corrected chi connectivity index (χ3v) is 6.40.